The molecule has 202 valence electrons. The van der Waals surface area contributed by atoms with Gasteiger partial charge in [-0.25, -0.2) is 9.78 Å². The van der Waals surface area contributed by atoms with Crippen LogP contribution in [0.15, 0.2) is 60.7 Å². The Hall–Kier alpha value is -4.44. The first-order chi connectivity index (χ1) is 18.7. The number of aliphatic hydroxyl groups excluding tert-OH is 1. The average Bonchev–Trinajstić information content (AvgIpc) is 3.44. The minimum Gasteiger partial charge on any atom is -0.507 e. The van der Waals surface area contributed by atoms with Crippen molar-refractivity contribution in [2.24, 2.45) is 0 Å². The molecule has 1 aliphatic rings. The van der Waals surface area contributed by atoms with Gasteiger partial charge >= 0.3 is 11.9 Å². The van der Waals surface area contributed by atoms with Crippen LogP contribution in [0, 0.1) is 13.8 Å². The number of aryl methyl sites for hydroxylation is 2. The zero-order valence-corrected chi connectivity index (χ0v) is 22.8. The maximum absolute atomic E-state index is 13.5. The van der Waals surface area contributed by atoms with Crippen LogP contribution in [0.5, 0.6) is 11.5 Å². The van der Waals surface area contributed by atoms with Crippen LogP contribution >= 0.6 is 11.3 Å². The number of amides is 1. The number of anilines is 1. The highest BCUT2D eigenvalue weighted by Crippen LogP contribution is 2.44. The number of benzene rings is 2. The van der Waals surface area contributed by atoms with Crippen molar-refractivity contribution in [2.45, 2.75) is 26.8 Å². The van der Waals surface area contributed by atoms with E-state index in [-0.39, 0.29) is 27.9 Å². The standard InChI is InChI=1S/C29H28N2O7S/c1-6-14-38-28(35)26-17(4)30-29(39-26)31-23(18-8-11-20(12-9-18)37-7-2)22(25(33)27(31)34)24(32)19-10-13-21(36-5)16(3)15-19/h6,8-13,15,23,32H,1,7,14H2,2-5H3/t23-/m1/s1. The van der Waals surface area contributed by atoms with Gasteiger partial charge in [0.15, 0.2) is 5.13 Å². The summed E-state index contributed by atoms with van der Waals surface area (Å²) in [5.41, 5.74) is 1.89. The van der Waals surface area contributed by atoms with Gasteiger partial charge in [-0.3, -0.25) is 14.5 Å². The molecule has 0 aliphatic carbocycles. The maximum Gasteiger partial charge on any atom is 0.350 e. The summed E-state index contributed by atoms with van der Waals surface area (Å²) in [4.78, 5) is 45.3. The van der Waals surface area contributed by atoms with Crippen LogP contribution in [-0.2, 0) is 14.3 Å². The Morgan fingerprint density at radius 1 is 1.18 bits per heavy atom. The first-order valence-electron chi connectivity index (χ1n) is 12.2. The fraction of sp³-hybridized carbons (Fsp3) is 0.241. The lowest BCUT2D eigenvalue weighted by molar-refractivity contribution is -0.132. The van der Waals surface area contributed by atoms with Gasteiger partial charge in [-0.2, -0.15) is 0 Å². The summed E-state index contributed by atoms with van der Waals surface area (Å²) in [5.74, 6) is -1.46. The molecule has 2 aromatic carbocycles. The van der Waals surface area contributed by atoms with Crippen LogP contribution in [0.1, 0.15) is 45.0 Å². The molecule has 3 aromatic rings. The third-order valence-corrected chi connectivity index (χ3v) is 7.27. The Labute approximate surface area is 230 Å². The fourth-order valence-corrected chi connectivity index (χ4v) is 5.30. The van der Waals surface area contributed by atoms with Crippen LogP contribution < -0.4 is 14.4 Å². The number of esters is 1. The summed E-state index contributed by atoms with van der Waals surface area (Å²) in [5, 5.41) is 11.5. The van der Waals surface area contributed by atoms with E-state index in [0.717, 1.165) is 16.9 Å². The van der Waals surface area contributed by atoms with Crippen molar-refractivity contribution in [2.75, 3.05) is 25.2 Å². The van der Waals surface area contributed by atoms with Crippen LogP contribution in [0.4, 0.5) is 5.13 Å². The molecule has 1 N–H and O–H groups in total. The smallest absolute Gasteiger partial charge is 0.350 e. The molecule has 2 heterocycles. The number of ether oxygens (including phenoxy) is 3. The maximum atomic E-state index is 13.5. The van der Waals surface area contributed by atoms with E-state index in [1.54, 1.807) is 49.4 Å². The van der Waals surface area contributed by atoms with Crippen LogP contribution in [-0.4, -0.2) is 48.1 Å². The number of hydrogen-bond donors (Lipinski definition) is 1. The molecule has 4 rings (SSSR count). The number of Topliss-reactive ketones (excluding diaryl/α,β-unsaturated/α-hetero) is 1. The number of nitrogens with zero attached hydrogens (tertiary/aromatic N) is 2. The Kier molecular flexibility index (Phi) is 8.15. The summed E-state index contributed by atoms with van der Waals surface area (Å²) in [6, 6.07) is 10.9. The number of ketones is 1. The molecule has 39 heavy (non-hydrogen) atoms. The summed E-state index contributed by atoms with van der Waals surface area (Å²) >= 11 is 0.935. The molecule has 1 saturated heterocycles. The lowest BCUT2D eigenvalue weighted by atomic mass is 9.95. The van der Waals surface area contributed by atoms with Crippen molar-refractivity contribution < 1.29 is 33.7 Å². The van der Waals surface area contributed by atoms with E-state index in [0.29, 0.717) is 34.9 Å². The third-order valence-electron chi connectivity index (χ3n) is 6.13. The van der Waals surface area contributed by atoms with Crippen molar-refractivity contribution in [1.82, 2.24) is 4.98 Å². The molecule has 1 atom stereocenters. The lowest BCUT2D eigenvalue weighted by Crippen LogP contribution is -2.29. The van der Waals surface area contributed by atoms with E-state index >= 15 is 0 Å². The second kappa shape index (κ2) is 11.5. The van der Waals surface area contributed by atoms with Gasteiger partial charge < -0.3 is 19.3 Å². The highest BCUT2D eigenvalue weighted by molar-refractivity contribution is 7.17. The Bertz CT molecular complexity index is 1470. The van der Waals surface area contributed by atoms with Gasteiger partial charge in [0.25, 0.3) is 5.78 Å². The Morgan fingerprint density at radius 2 is 1.90 bits per heavy atom. The quantitative estimate of drug-likeness (QED) is 0.129. The minimum atomic E-state index is -1.01. The molecule has 0 bridgehead atoms. The molecule has 1 aliphatic heterocycles. The number of aliphatic hydroxyl groups is 1. The van der Waals surface area contributed by atoms with Crippen LogP contribution in [0.3, 0.4) is 0 Å². The molecule has 0 radical (unpaired) electrons. The van der Waals surface area contributed by atoms with Crippen molar-refractivity contribution >= 4 is 39.9 Å². The van der Waals surface area contributed by atoms with Crippen molar-refractivity contribution in [3.63, 3.8) is 0 Å². The molecule has 1 amide bonds. The van der Waals surface area contributed by atoms with Crippen LogP contribution in [0.2, 0.25) is 0 Å². The zero-order chi connectivity index (χ0) is 28.3. The van der Waals surface area contributed by atoms with Crippen molar-refractivity contribution in [3.05, 3.63) is 88.0 Å². The monoisotopic (exact) mass is 548 g/mol. The number of aromatic nitrogens is 1. The van der Waals surface area contributed by atoms with Crippen molar-refractivity contribution in [1.29, 1.82) is 0 Å². The van der Waals surface area contributed by atoms with E-state index in [1.807, 2.05) is 13.8 Å². The number of methoxy groups -OCH3 is 1. The predicted molar refractivity (Wildman–Crippen MR) is 147 cm³/mol. The number of carbonyl (C=O) groups is 3. The summed E-state index contributed by atoms with van der Waals surface area (Å²) in [6.07, 6.45) is 1.44. The molecule has 0 saturated carbocycles. The van der Waals surface area contributed by atoms with Gasteiger partial charge in [0, 0.05) is 5.56 Å². The van der Waals surface area contributed by atoms with E-state index < -0.39 is 23.7 Å². The van der Waals surface area contributed by atoms with Gasteiger partial charge in [-0.05, 0) is 62.2 Å². The van der Waals surface area contributed by atoms with Gasteiger partial charge in [0.2, 0.25) is 0 Å². The fourth-order valence-electron chi connectivity index (χ4n) is 4.31. The van der Waals surface area contributed by atoms with Gasteiger partial charge in [0.1, 0.15) is 28.7 Å². The summed E-state index contributed by atoms with van der Waals surface area (Å²) in [6.45, 7) is 9.31. The Morgan fingerprint density at radius 3 is 2.51 bits per heavy atom. The first-order valence-corrected chi connectivity index (χ1v) is 13.0. The van der Waals surface area contributed by atoms with E-state index in [4.69, 9.17) is 14.2 Å². The SMILES string of the molecule is C=CCOC(=O)c1sc(N2C(=O)C(=O)C(=C(O)c3ccc(OC)c(C)c3)[C@H]2c2ccc(OCC)cc2)nc1C. The predicted octanol–water partition coefficient (Wildman–Crippen LogP) is 5.14. The third kappa shape index (κ3) is 5.28. The summed E-state index contributed by atoms with van der Waals surface area (Å²) < 4.78 is 16.0. The lowest BCUT2D eigenvalue weighted by Gasteiger charge is -2.23. The second-order valence-electron chi connectivity index (χ2n) is 8.65. The number of rotatable bonds is 9. The van der Waals surface area contributed by atoms with Crippen molar-refractivity contribution in [3.8, 4) is 11.5 Å². The molecule has 1 fully saturated rings. The minimum absolute atomic E-state index is 0.0173. The largest absolute Gasteiger partial charge is 0.507 e. The molecular formula is C29H28N2O7S. The summed E-state index contributed by atoms with van der Waals surface area (Å²) in [7, 11) is 1.54. The normalized spacial score (nSPS) is 16.3. The second-order valence-corrected chi connectivity index (χ2v) is 9.63. The molecular weight excluding hydrogens is 520 g/mol. The van der Waals surface area contributed by atoms with Gasteiger partial charge in [0.05, 0.1) is 31.0 Å². The topological polar surface area (TPSA) is 115 Å². The van der Waals surface area contributed by atoms with E-state index in [9.17, 15) is 19.5 Å². The molecule has 9 nitrogen and oxygen atoms in total. The molecule has 0 unspecified atom stereocenters. The van der Waals surface area contributed by atoms with Gasteiger partial charge in [-0.1, -0.05) is 36.1 Å². The Balaban J connectivity index is 1.88. The highest BCUT2D eigenvalue weighted by Gasteiger charge is 2.48. The zero-order valence-electron chi connectivity index (χ0n) is 22.0. The average molecular weight is 549 g/mol. The van der Waals surface area contributed by atoms with Crippen LogP contribution in [0.25, 0.3) is 5.76 Å². The van der Waals surface area contributed by atoms with E-state index in [2.05, 4.69) is 11.6 Å². The molecule has 0 spiro atoms. The molecule has 1 aromatic heterocycles. The number of thiazole rings is 1. The van der Waals surface area contributed by atoms with Gasteiger partial charge in [-0.15, -0.1) is 0 Å². The van der Waals surface area contributed by atoms with E-state index in [1.165, 1.54) is 18.1 Å². The highest BCUT2D eigenvalue weighted by atomic mass is 32.1. The first kappa shape index (κ1) is 27.6. The number of hydrogen-bond acceptors (Lipinski definition) is 9. The number of carbonyl (C=O) groups excluding carboxylic acids is 3. The molecule has 10 heteroatoms.